The average molecular weight is 197 g/mol. The Morgan fingerprint density at radius 1 is 1.07 bits per heavy atom. The van der Waals surface area contributed by atoms with Gasteiger partial charge in [-0.1, -0.05) is 37.3 Å². The summed E-state index contributed by atoms with van der Waals surface area (Å²) in [6, 6.07) is 12.7. The van der Waals surface area contributed by atoms with Gasteiger partial charge in [-0.2, -0.15) is 0 Å². The molecule has 0 fully saturated rings. The van der Waals surface area contributed by atoms with Crippen molar-refractivity contribution in [1.82, 2.24) is 4.98 Å². The fourth-order valence-electron chi connectivity index (χ4n) is 1.89. The molecule has 2 aromatic rings. The molecular weight excluding hydrogens is 182 g/mol. The summed E-state index contributed by atoms with van der Waals surface area (Å²) in [6.45, 7) is 4.35. The molecule has 1 atom stereocenters. The fraction of sp³-hybridized carbons (Fsp3) is 0.214. The van der Waals surface area contributed by atoms with E-state index in [0.717, 1.165) is 0 Å². The Balaban J connectivity index is 2.37. The summed E-state index contributed by atoms with van der Waals surface area (Å²) < 4.78 is 0. The second-order valence-electron chi connectivity index (χ2n) is 3.86. The first-order valence-electron chi connectivity index (χ1n) is 5.24. The van der Waals surface area contributed by atoms with Crippen LogP contribution in [-0.2, 0) is 0 Å². The lowest BCUT2D eigenvalue weighted by molar-refractivity contribution is 0.903. The lowest BCUT2D eigenvalue weighted by Crippen LogP contribution is -1.98. The van der Waals surface area contributed by atoms with Crippen molar-refractivity contribution in [2.45, 2.75) is 19.8 Å². The van der Waals surface area contributed by atoms with Crippen molar-refractivity contribution in [3.63, 3.8) is 0 Å². The van der Waals surface area contributed by atoms with Crippen LogP contribution >= 0.6 is 0 Å². The molecule has 0 amide bonds. The minimum absolute atomic E-state index is 0.439. The molecule has 1 aromatic carbocycles. The average Bonchev–Trinajstić information content (AvgIpc) is 2.30. The minimum Gasteiger partial charge on any atom is -0.264 e. The van der Waals surface area contributed by atoms with E-state index in [-0.39, 0.29) is 0 Å². The highest BCUT2D eigenvalue weighted by molar-refractivity contribution is 5.34. The molecule has 0 unspecified atom stereocenters. The topological polar surface area (TPSA) is 12.9 Å². The number of benzene rings is 1. The van der Waals surface area contributed by atoms with E-state index in [0.29, 0.717) is 5.92 Å². The minimum atomic E-state index is 0.439. The lowest BCUT2D eigenvalue weighted by Gasteiger charge is -2.14. The zero-order chi connectivity index (χ0) is 10.7. The van der Waals surface area contributed by atoms with Crippen LogP contribution in [0.3, 0.4) is 0 Å². The van der Waals surface area contributed by atoms with Crippen LogP contribution in [0.25, 0.3) is 0 Å². The second kappa shape index (κ2) is 4.26. The predicted octanol–water partition coefficient (Wildman–Crippen LogP) is 3.54. The van der Waals surface area contributed by atoms with E-state index in [4.69, 9.17) is 0 Å². The Hall–Kier alpha value is -1.63. The van der Waals surface area contributed by atoms with Crippen LogP contribution in [0.15, 0.2) is 48.8 Å². The summed E-state index contributed by atoms with van der Waals surface area (Å²) in [5.74, 6) is 0.439. The first-order chi connectivity index (χ1) is 7.29. The summed E-state index contributed by atoms with van der Waals surface area (Å²) in [5.41, 5.74) is 3.97. The van der Waals surface area contributed by atoms with E-state index >= 15 is 0 Å². The smallest absolute Gasteiger partial charge is 0.0300 e. The van der Waals surface area contributed by atoms with Crippen molar-refractivity contribution >= 4 is 0 Å². The molecule has 0 bridgehead atoms. The SMILES string of the molecule is Cc1cnccc1[C@@H](C)c1ccccc1. The van der Waals surface area contributed by atoms with Crippen molar-refractivity contribution < 1.29 is 0 Å². The molecule has 2 rings (SSSR count). The largest absolute Gasteiger partial charge is 0.264 e. The van der Waals surface area contributed by atoms with Gasteiger partial charge in [-0.25, -0.2) is 0 Å². The normalized spacial score (nSPS) is 12.4. The van der Waals surface area contributed by atoms with Gasteiger partial charge >= 0.3 is 0 Å². The van der Waals surface area contributed by atoms with Gasteiger partial charge in [-0.05, 0) is 29.7 Å². The van der Waals surface area contributed by atoms with E-state index in [1.54, 1.807) is 0 Å². The predicted molar refractivity (Wildman–Crippen MR) is 62.9 cm³/mol. The van der Waals surface area contributed by atoms with Gasteiger partial charge in [-0.15, -0.1) is 0 Å². The number of aryl methyl sites for hydroxylation is 1. The molecule has 1 aromatic heterocycles. The summed E-state index contributed by atoms with van der Waals surface area (Å²) in [7, 11) is 0. The van der Waals surface area contributed by atoms with Crippen molar-refractivity contribution in [1.29, 1.82) is 0 Å². The Kier molecular flexibility index (Phi) is 2.82. The van der Waals surface area contributed by atoms with Crippen LogP contribution in [0.1, 0.15) is 29.5 Å². The van der Waals surface area contributed by atoms with E-state index < -0.39 is 0 Å². The van der Waals surface area contributed by atoms with Crippen molar-refractivity contribution in [3.8, 4) is 0 Å². The summed E-state index contributed by atoms with van der Waals surface area (Å²) >= 11 is 0. The number of nitrogens with zero attached hydrogens (tertiary/aromatic N) is 1. The van der Waals surface area contributed by atoms with Crippen molar-refractivity contribution in [3.05, 3.63) is 65.5 Å². The quantitative estimate of drug-likeness (QED) is 0.717. The zero-order valence-corrected chi connectivity index (χ0v) is 9.14. The molecule has 0 spiro atoms. The molecule has 0 aliphatic carbocycles. The Bertz CT molecular complexity index is 434. The van der Waals surface area contributed by atoms with Crippen molar-refractivity contribution in [2.75, 3.05) is 0 Å². The van der Waals surface area contributed by atoms with Gasteiger partial charge in [0.2, 0.25) is 0 Å². The monoisotopic (exact) mass is 197 g/mol. The highest BCUT2D eigenvalue weighted by atomic mass is 14.6. The highest BCUT2D eigenvalue weighted by Gasteiger charge is 2.09. The molecule has 15 heavy (non-hydrogen) atoms. The van der Waals surface area contributed by atoms with E-state index in [9.17, 15) is 0 Å². The number of aromatic nitrogens is 1. The van der Waals surface area contributed by atoms with E-state index in [1.807, 2.05) is 12.4 Å². The van der Waals surface area contributed by atoms with Gasteiger partial charge in [0, 0.05) is 18.3 Å². The van der Waals surface area contributed by atoms with E-state index in [2.05, 4.69) is 55.2 Å². The van der Waals surface area contributed by atoms with Gasteiger partial charge in [-0.3, -0.25) is 4.98 Å². The lowest BCUT2D eigenvalue weighted by atomic mass is 9.91. The van der Waals surface area contributed by atoms with E-state index in [1.165, 1.54) is 16.7 Å². The van der Waals surface area contributed by atoms with Gasteiger partial charge in [0.15, 0.2) is 0 Å². The van der Waals surface area contributed by atoms with Crippen LogP contribution in [0, 0.1) is 6.92 Å². The molecule has 0 saturated carbocycles. The van der Waals surface area contributed by atoms with Gasteiger partial charge in [0.1, 0.15) is 0 Å². The third-order valence-electron chi connectivity index (χ3n) is 2.83. The summed E-state index contributed by atoms with van der Waals surface area (Å²) in [6.07, 6.45) is 3.79. The number of rotatable bonds is 2. The van der Waals surface area contributed by atoms with Crippen LogP contribution in [-0.4, -0.2) is 4.98 Å². The molecule has 0 N–H and O–H groups in total. The van der Waals surface area contributed by atoms with Crippen LogP contribution < -0.4 is 0 Å². The molecular formula is C14H15N. The maximum absolute atomic E-state index is 4.12. The molecule has 1 heteroatoms. The maximum Gasteiger partial charge on any atom is 0.0300 e. The number of hydrogen-bond acceptors (Lipinski definition) is 1. The molecule has 0 saturated heterocycles. The third-order valence-corrected chi connectivity index (χ3v) is 2.83. The summed E-state index contributed by atoms with van der Waals surface area (Å²) in [5, 5.41) is 0. The van der Waals surface area contributed by atoms with Gasteiger partial charge < -0.3 is 0 Å². The third kappa shape index (κ3) is 2.07. The standard InChI is InChI=1S/C14H15N/c1-11-10-15-9-8-14(11)12(2)13-6-4-3-5-7-13/h3-10,12H,1-2H3/t12-/m0/s1. The second-order valence-corrected chi connectivity index (χ2v) is 3.86. The highest BCUT2D eigenvalue weighted by Crippen LogP contribution is 2.25. The molecule has 0 aliphatic heterocycles. The van der Waals surface area contributed by atoms with Crippen LogP contribution in [0.5, 0.6) is 0 Å². The Labute approximate surface area is 90.8 Å². The fourth-order valence-corrected chi connectivity index (χ4v) is 1.89. The Morgan fingerprint density at radius 2 is 1.80 bits per heavy atom. The molecule has 1 nitrogen and oxygen atoms in total. The molecule has 1 heterocycles. The first-order valence-corrected chi connectivity index (χ1v) is 5.24. The van der Waals surface area contributed by atoms with Crippen LogP contribution in [0.4, 0.5) is 0 Å². The molecule has 0 aliphatic rings. The van der Waals surface area contributed by atoms with Crippen molar-refractivity contribution in [2.24, 2.45) is 0 Å². The molecule has 0 radical (unpaired) electrons. The maximum atomic E-state index is 4.12. The van der Waals surface area contributed by atoms with Gasteiger partial charge in [0.25, 0.3) is 0 Å². The van der Waals surface area contributed by atoms with Gasteiger partial charge in [0.05, 0.1) is 0 Å². The zero-order valence-electron chi connectivity index (χ0n) is 9.14. The first kappa shape index (κ1) is 9.91. The number of pyridine rings is 1. The number of hydrogen-bond donors (Lipinski definition) is 0. The molecule has 76 valence electrons. The summed E-state index contributed by atoms with van der Waals surface area (Å²) in [4.78, 5) is 4.12. The Morgan fingerprint density at radius 3 is 2.47 bits per heavy atom. The van der Waals surface area contributed by atoms with Crippen LogP contribution in [0.2, 0.25) is 0 Å².